The molecule has 1 atom stereocenters. The molecule has 0 saturated carbocycles. The molecule has 0 spiro atoms. The quantitative estimate of drug-likeness (QED) is 0.865. The number of carbonyl (C=O) groups is 1. The van der Waals surface area contributed by atoms with E-state index in [-0.39, 0.29) is 11.8 Å². The van der Waals surface area contributed by atoms with Gasteiger partial charge in [0.1, 0.15) is 5.75 Å². The van der Waals surface area contributed by atoms with Crippen LogP contribution in [-0.2, 0) is 11.3 Å². The minimum absolute atomic E-state index is 0.0173. The van der Waals surface area contributed by atoms with Crippen LogP contribution in [-0.4, -0.2) is 30.5 Å². The summed E-state index contributed by atoms with van der Waals surface area (Å²) in [7, 11) is 0. The number of nitrogens with two attached hydrogens (primary N) is 1. The summed E-state index contributed by atoms with van der Waals surface area (Å²) < 4.78 is 5.67. The number of benzene rings is 1. The van der Waals surface area contributed by atoms with E-state index in [1.165, 1.54) is 5.56 Å². The molecule has 1 amide bonds. The van der Waals surface area contributed by atoms with E-state index in [4.69, 9.17) is 10.5 Å². The molecule has 0 unspecified atom stereocenters. The molecule has 4 heteroatoms. The van der Waals surface area contributed by atoms with E-state index in [1.54, 1.807) is 0 Å². The molecule has 0 aromatic heterocycles. The Morgan fingerprint density at radius 2 is 2.10 bits per heavy atom. The maximum absolute atomic E-state index is 11.2. The maximum Gasteiger partial charge on any atom is 0.221 e. The van der Waals surface area contributed by atoms with Crippen LogP contribution in [0.15, 0.2) is 24.3 Å². The van der Waals surface area contributed by atoms with Crippen molar-refractivity contribution in [1.82, 2.24) is 4.90 Å². The Bertz CT molecular complexity index is 442. The van der Waals surface area contributed by atoms with Crippen LogP contribution in [0.4, 0.5) is 0 Å². The number of amides is 1. The van der Waals surface area contributed by atoms with Gasteiger partial charge in [-0.25, -0.2) is 0 Å². The topological polar surface area (TPSA) is 55.6 Å². The fourth-order valence-corrected chi connectivity index (χ4v) is 2.42. The molecule has 0 aliphatic carbocycles. The van der Waals surface area contributed by atoms with E-state index >= 15 is 0 Å². The predicted molar refractivity (Wildman–Crippen MR) is 79.4 cm³/mol. The van der Waals surface area contributed by atoms with Crippen molar-refractivity contribution in [2.45, 2.75) is 26.8 Å². The van der Waals surface area contributed by atoms with Crippen molar-refractivity contribution in [3.63, 3.8) is 0 Å². The molecular formula is C16H24N2O2. The Morgan fingerprint density at radius 3 is 2.65 bits per heavy atom. The number of primary amides is 1. The number of nitrogens with zero attached hydrogens (tertiary/aromatic N) is 1. The third-order valence-electron chi connectivity index (χ3n) is 3.59. The molecule has 1 heterocycles. The first-order valence-corrected chi connectivity index (χ1v) is 7.28. The lowest BCUT2D eigenvalue weighted by atomic mass is 10.1. The normalized spacial score (nSPS) is 19.4. The summed E-state index contributed by atoms with van der Waals surface area (Å²) in [5.74, 6) is 1.29. The van der Waals surface area contributed by atoms with Gasteiger partial charge in [-0.2, -0.15) is 0 Å². The number of ether oxygens (including phenoxy) is 1. The van der Waals surface area contributed by atoms with E-state index in [2.05, 4.69) is 30.9 Å². The number of rotatable bonds is 6. The second kappa shape index (κ2) is 6.75. The average molecular weight is 276 g/mol. The summed E-state index contributed by atoms with van der Waals surface area (Å²) in [6.07, 6.45) is 0.880. The standard InChI is InChI=1S/C16H24N2O2/c1-12(2)11-20-15-5-3-13(4-6-15)9-18-8-7-14(10-18)16(17)19/h3-6,12,14H,7-11H2,1-2H3,(H2,17,19)/t14-/m0/s1. The van der Waals surface area contributed by atoms with Crippen molar-refractivity contribution < 1.29 is 9.53 Å². The fourth-order valence-electron chi connectivity index (χ4n) is 2.42. The van der Waals surface area contributed by atoms with Crippen LogP contribution in [0.3, 0.4) is 0 Å². The van der Waals surface area contributed by atoms with Crippen LogP contribution < -0.4 is 10.5 Å². The Hall–Kier alpha value is -1.55. The van der Waals surface area contributed by atoms with Gasteiger partial charge in [-0.3, -0.25) is 9.69 Å². The molecule has 1 aromatic carbocycles. The van der Waals surface area contributed by atoms with E-state index in [0.717, 1.165) is 38.4 Å². The summed E-state index contributed by atoms with van der Waals surface area (Å²) in [6.45, 7) is 7.61. The van der Waals surface area contributed by atoms with Crippen LogP contribution >= 0.6 is 0 Å². The highest BCUT2D eigenvalue weighted by Crippen LogP contribution is 2.20. The lowest BCUT2D eigenvalue weighted by Crippen LogP contribution is -2.27. The van der Waals surface area contributed by atoms with E-state index in [1.807, 2.05) is 12.1 Å². The van der Waals surface area contributed by atoms with E-state index in [0.29, 0.717) is 5.92 Å². The zero-order valence-electron chi connectivity index (χ0n) is 12.3. The van der Waals surface area contributed by atoms with Crippen molar-refractivity contribution >= 4 is 5.91 Å². The van der Waals surface area contributed by atoms with Crippen molar-refractivity contribution in [2.75, 3.05) is 19.7 Å². The number of likely N-dealkylation sites (tertiary alicyclic amines) is 1. The Labute approximate surface area is 120 Å². The monoisotopic (exact) mass is 276 g/mol. The van der Waals surface area contributed by atoms with Crippen LogP contribution in [0.25, 0.3) is 0 Å². The van der Waals surface area contributed by atoms with Crippen LogP contribution in [0, 0.1) is 11.8 Å². The molecule has 2 N–H and O–H groups in total. The average Bonchev–Trinajstić information content (AvgIpc) is 2.86. The summed E-state index contributed by atoms with van der Waals surface area (Å²) in [5.41, 5.74) is 6.59. The Kier molecular flexibility index (Phi) is 5.01. The number of hydrogen-bond donors (Lipinski definition) is 1. The molecule has 0 radical (unpaired) electrons. The van der Waals surface area contributed by atoms with Gasteiger partial charge in [0.15, 0.2) is 0 Å². The highest BCUT2D eigenvalue weighted by molar-refractivity contribution is 5.77. The van der Waals surface area contributed by atoms with Gasteiger partial charge in [-0.05, 0) is 36.6 Å². The molecule has 1 saturated heterocycles. The Morgan fingerprint density at radius 1 is 1.40 bits per heavy atom. The molecule has 4 nitrogen and oxygen atoms in total. The molecule has 20 heavy (non-hydrogen) atoms. The van der Waals surface area contributed by atoms with Gasteiger partial charge in [-0.1, -0.05) is 26.0 Å². The van der Waals surface area contributed by atoms with Gasteiger partial charge in [0.2, 0.25) is 5.91 Å². The number of hydrogen-bond acceptors (Lipinski definition) is 3. The molecule has 1 aromatic rings. The molecule has 2 rings (SSSR count). The van der Waals surface area contributed by atoms with Crippen LogP contribution in [0.5, 0.6) is 5.75 Å². The van der Waals surface area contributed by atoms with Gasteiger partial charge < -0.3 is 10.5 Å². The SMILES string of the molecule is CC(C)COc1ccc(CN2CC[C@H](C(N)=O)C2)cc1. The first-order valence-electron chi connectivity index (χ1n) is 7.28. The highest BCUT2D eigenvalue weighted by Gasteiger charge is 2.26. The highest BCUT2D eigenvalue weighted by atomic mass is 16.5. The second-order valence-corrected chi connectivity index (χ2v) is 5.97. The van der Waals surface area contributed by atoms with E-state index < -0.39 is 0 Å². The smallest absolute Gasteiger partial charge is 0.221 e. The maximum atomic E-state index is 11.2. The predicted octanol–water partition coefficient (Wildman–Crippen LogP) is 2.03. The van der Waals surface area contributed by atoms with Crippen molar-refractivity contribution in [2.24, 2.45) is 17.6 Å². The summed E-state index contributed by atoms with van der Waals surface area (Å²) in [6, 6.07) is 8.21. The first-order chi connectivity index (χ1) is 9.54. The third kappa shape index (κ3) is 4.23. The first kappa shape index (κ1) is 14.9. The minimum atomic E-state index is -0.176. The van der Waals surface area contributed by atoms with Gasteiger partial charge in [-0.15, -0.1) is 0 Å². The third-order valence-corrected chi connectivity index (χ3v) is 3.59. The molecule has 0 bridgehead atoms. The Balaban J connectivity index is 1.83. The number of carbonyl (C=O) groups excluding carboxylic acids is 1. The molecule has 1 aliphatic rings. The summed E-state index contributed by atoms with van der Waals surface area (Å²) in [5, 5.41) is 0. The summed E-state index contributed by atoms with van der Waals surface area (Å²) in [4.78, 5) is 13.4. The zero-order chi connectivity index (χ0) is 14.5. The van der Waals surface area contributed by atoms with Gasteiger partial charge in [0.25, 0.3) is 0 Å². The van der Waals surface area contributed by atoms with Crippen LogP contribution in [0.2, 0.25) is 0 Å². The van der Waals surface area contributed by atoms with Crippen LogP contribution in [0.1, 0.15) is 25.8 Å². The molecular weight excluding hydrogens is 252 g/mol. The molecule has 1 fully saturated rings. The van der Waals surface area contributed by atoms with Crippen molar-refractivity contribution in [1.29, 1.82) is 0 Å². The van der Waals surface area contributed by atoms with Gasteiger partial charge in [0.05, 0.1) is 12.5 Å². The van der Waals surface area contributed by atoms with Crippen molar-refractivity contribution in [3.05, 3.63) is 29.8 Å². The minimum Gasteiger partial charge on any atom is -0.493 e. The molecule has 110 valence electrons. The molecule has 1 aliphatic heterocycles. The largest absolute Gasteiger partial charge is 0.493 e. The van der Waals surface area contributed by atoms with E-state index in [9.17, 15) is 4.79 Å². The van der Waals surface area contributed by atoms with Gasteiger partial charge >= 0.3 is 0 Å². The second-order valence-electron chi connectivity index (χ2n) is 5.97. The lowest BCUT2D eigenvalue weighted by Gasteiger charge is -2.16. The van der Waals surface area contributed by atoms with Gasteiger partial charge in [0, 0.05) is 13.1 Å². The summed E-state index contributed by atoms with van der Waals surface area (Å²) >= 11 is 0. The zero-order valence-corrected chi connectivity index (χ0v) is 12.3. The fraction of sp³-hybridized carbons (Fsp3) is 0.562. The lowest BCUT2D eigenvalue weighted by molar-refractivity contribution is -0.121. The van der Waals surface area contributed by atoms with Crippen molar-refractivity contribution in [3.8, 4) is 5.75 Å².